The Morgan fingerprint density at radius 1 is 1.27 bits per heavy atom. The Hall–Kier alpha value is -0.120. The summed E-state index contributed by atoms with van der Waals surface area (Å²) in [6.07, 6.45) is 5.33. The molecule has 1 rings (SSSR count). The topological polar surface area (TPSA) is 32.7 Å². The molecule has 0 spiro atoms. The Morgan fingerprint density at radius 3 is 2.80 bits per heavy atom. The van der Waals surface area contributed by atoms with Crippen molar-refractivity contribution in [1.29, 1.82) is 0 Å². The average molecular weight is 215 g/mol. The van der Waals surface area contributed by atoms with Gasteiger partial charge in [-0.05, 0) is 52.1 Å². The highest BCUT2D eigenvalue weighted by Crippen LogP contribution is 2.21. The van der Waals surface area contributed by atoms with E-state index < -0.39 is 5.60 Å². The minimum atomic E-state index is -0.429. The molecule has 1 aliphatic heterocycles. The Labute approximate surface area is 93.4 Å². The first-order valence-corrected chi connectivity index (χ1v) is 6.08. The molecule has 90 valence electrons. The van der Waals surface area contributed by atoms with Gasteiger partial charge in [0, 0.05) is 20.3 Å². The van der Waals surface area contributed by atoms with E-state index in [0.29, 0.717) is 0 Å². The molecule has 3 nitrogen and oxygen atoms in total. The van der Waals surface area contributed by atoms with Crippen molar-refractivity contribution in [2.45, 2.75) is 44.6 Å². The highest BCUT2D eigenvalue weighted by atomic mass is 16.5. The van der Waals surface area contributed by atoms with Crippen LogP contribution in [-0.2, 0) is 4.74 Å². The van der Waals surface area contributed by atoms with Crippen molar-refractivity contribution in [2.75, 3.05) is 33.4 Å². The molecular formula is C12H25NO2. The van der Waals surface area contributed by atoms with E-state index in [2.05, 4.69) is 4.90 Å². The smallest absolute Gasteiger partial charge is 0.0632 e. The number of aliphatic hydroxyl groups is 1. The van der Waals surface area contributed by atoms with E-state index in [1.165, 1.54) is 6.42 Å². The van der Waals surface area contributed by atoms with Crippen LogP contribution in [0, 0.1) is 0 Å². The number of ether oxygens (including phenoxy) is 1. The third-order valence-corrected chi connectivity index (χ3v) is 3.23. The van der Waals surface area contributed by atoms with Crippen LogP contribution in [0.3, 0.4) is 0 Å². The summed E-state index contributed by atoms with van der Waals surface area (Å²) in [4.78, 5) is 2.47. The van der Waals surface area contributed by atoms with E-state index >= 15 is 0 Å². The van der Waals surface area contributed by atoms with E-state index in [-0.39, 0.29) is 0 Å². The normalized spacial score (nSPS) is 29.0. The van der Waals surface area contributed by atoms with Gasteiger partial charge in [-0.15, -0.1) is 0 Å². The van der Waals surface area contributed by atoms with Gasteiger partial charge in [-0.3, -0.25) is 0 Å². The van der Waals surface area contributed by atoms with E-state index in [4.69, 9.17) is 4.74 Å². The number of likely N-dealkylation sites (tertiary alicyclic amines) is 1. The van der Waals surface area contributed by atoms with Gasteiger partial charge in [-0.1, -0.05) is 0 Å². The Bertz CT molecular complexity index is 171. The minimum absolute atomic E-state index is 0.429. The summed E-state index contributed by atoms with van der Waals surface area (Å²) in [7, 11) is 1.75. The number of unbranched alkanes of at least 4 members (excludes halogenated alkanes) is 1. The van der Waals surface area contributed by atoms with Crippen molar-refractivity contribution < 1.29 is 9.84 Å². The zero-order valence-electron chi connectivity index (χ0n) is 10.2. The number of hydrogen-bond donors (Lipinski definition) is 1. The van der Waals surface area contributed by atoms with Crippen molar-refractivity contribution in [3.63, 3.8) is 0 Å². The summed E-state index contributed by atoms with van der Waals surface area (Å²) in [5, 5.41) is 9.94. The summed E-state index contributed by atoms with van der Waals surface area (Å²) in [5.41, 5.74) is -0.429. The average Bonchev–Trinajstić information content (AvgIpc) is 2.35. The van der Waals surface area contributed by atoms with Crippen LogP contribution >= 0.6 is 0 Å². The summed E-state index contributed by atoms with van der Waals surface area (Å²) in [6, 6.07) is 0. The van der Waals surface area contributed by atoms with Crippen LogP contribution in [0.4, 0.5) is 0 Å². The van der Waals surface area contributed by atoms with Crippen molar-refractivity contribution >= 4 is 0 Å². The van der Waals surface area contributed by atoms with Gasteiger partial charge >= 0.3 is 0 Å². The maximum Gasteiger partial charge on any atom is 0.0632 e. The number of methoxy groups -OCH3 is 1. The third kappa shape index (κ3) is 5.50. The van der Waals surface area contributed by atoms with E-state index in [1.807, 2.05) is 6.92 Å². The van der Waals surface area contributed by atoms with Gasteiger partial charge in [0.25, 0.3) is 0 Å². The van der Waals surface area contributed by atoms with Crippen LogP contribution in [0.15, 0.2) is 0 Å². The molecule has 0 radical (unpaired) electrons. The quantitative estimate of drug-likeness (QED) is 0.708. The SMILES string of the molecule is COCCCCN1CCCC(C)(O)CC1. The summed E-state index contributed by atoms with van der Waals surface area (Å²) < 4.78 is 5.03. The monoisotopic (exact) mass is 215 g/mol. The minimum Gasteiger partial charge on any atom is -0.390 e. The second-order valence-electron chi connectivity index (χ2n) is 4.89. The zero-order chi connectivity index (χ0) is 11.1. The van der Waals surface area contributed by atoms with Crippen LogP contribution in [0.5, 0.6) is 0 Å². The predicted molar refractivity (Wildman–Crippen MR) is 62.0 cm³/mol. The molecule has 0 saturated carbocycles. The van der Waals surface area contributed by atoms with Gasteiger partial charge in [0.2, 0.25) is 0 Å². The Kier molecular flexibility index (Phi) is 5.58. The first-order chi connectivity index (χ1) is 7.14. The van der Waals surface area contributed by atoms with Crippen molar-refractivity contribution in [1.82, 2.24) is 4.90 Å². The third-order valence-electron chi connectivity index (χ3n) is 3.23. The van der Waals surface area contributed by atoms with Gasteiger partial charge in [0.05, 0.1) is 5.60 Å². The van der Waals surface area contributed by atoms with Crippen LogP contribution in [0.1, 0.15) is 39.0 Å². The van der Waals surface area contributed by atoms with Gasteiger partial charge in [-0.25, -0.2) is 0 Å². The molecule has 0 aromatic carbocycles. The lowest BCUT2D eigenvalue weighted by molar-refractivity contribution is 0.0445. The van der Waals surface area contributed by atoms with Crippen LogP contribution in [0.2, 0.25) is 0 Å². The van der Waals surface area contributed by atoms with Crippen LogP contribution in [-0.4, -0.2) is 49.0 Å². The maximum absolute atomic E-state index is 9.94. The van der Waals surface area contributed by atoms with E-state index in [0.717, 1.165) is 51.9 Å². The summed E-state index contributed by atoms with van der Waals surface area (Å²) in [5.74, 6) is 0. The Morgan fingerprint density at radius 2 is 2.07 bits per heavy atom. The lowest BCUT2D eigenvalue weighted by Crippen LogP contribution is -2.29. The molecular weight excluding hydrogens is 190 g/mol. The number of rotatable bonds is 5. The predicted octanol–water partition coefficient (Wildman–Crippen LogP) is 1.65. The molecule has 3 heteroatoms. The molecule has 15 heavy (non-hydrogen) atoms. The fourth-order valence-corrected chi connectivity index (χ4v) is 2.12. The lowest BCUT2D eigenvalue weighted by Gasteiger charge is -2.22. The second-order valence-corrected chi connectivity index (χ2v) is 4.89. The van der Waals surface area contributed by atoms with Crippen LogP contribution in [0.25, 0.3) is 0 Å². The molecule has 1 fully saturated rings. The zero-order valence-corrected chi connectivity index (χ0v) is 10.2. The van der Waals surface area contributed by atoms with Crippen molar-refractivity contribution in [3.8, 4) is 0 Å². The van der Waals surface area contributed by atoms with Gasteiger partial charge < -0.3 is 14.7 Å². The van der Waals surface area contributed by atoms with Gasteiger partial charge in [0.1, 0.15) is 0 Å². The van der Waals surface area contributed by atoms with Gasteiger partial charge in [0.15, 0.2) is 0 Å². The fraction of sp³-hybridized carbons (Fsp3) is 1.00. The molecule has 1 N–H and O–H groups in total. The molecule has 0 aromatic rings. The van der Waals surface area contributed by atoms with Gasteiger partial charge in [-0.2, -0.15) is 0 Å². The highest BCUT2D eigenvalue weighted by Gasteiger charge is 2.24. The van der Waals surface area contributed by atoms with E-state index in [1.54, 1.807) is 7.11 Å². The summed E-state index contributed by atoms with van der Waals surface area (Å²) >= 11 is 0. The second kappa shape index (κ2) is 6.46. The first kappa shape index (κ1) is 12.9. The Balaban J connectivity index is 2.14. The maximum atomic E-state index is 9.94. The molecule has 0 bridgehead atoms. The molecule has 1 aliphatic rings. The molecule has 1 saturated heterocycles. The lowest BCUT2D eigenvalue weighted by atomic mass is 9.98. The molecule has 0 amide bonds. The summed E-state index contributed by atoms with van der Waals surface area (Å²) in [6.45, 7) is 6.16. The first-order valence-electron chi connectivity index (χ1n) is 6.08. The largest absolute Gasteiger partial charge is 0.390 e. The molecule has 0 aliphatic carbocycles. The van der Waals surface area contributed by atoms with Crippen LogP contribution < -0.4 is 0 Å². The fourth-order valence-electron chi connectivity index (χ4n) is 2.12. The van der Waals surface area contributed by atoms with Crippen molar-refractivity contribution in [3.05, 3.63) is 0 Å². The number of nitrogens with zero attached hydrogens (tertiary/aromatic N) is 1. The molecule has 1 unspecified atom stereocenters. The van der Waals surface area contributed by atoms with E-state index in [9.17, 15) is 5.11 Å². The number of hydrogen-bond acceptors (Lipinski definition) is 3. The molecule has 1 heterocycles. The highest BCUT2D eigenvalue weighted by molar-refractivity contribution is 4.78. The molecule has 0 aromatic heterocycles. The van der Waals surface area contributed by atoms with Crippen molar-refractivity contribution in [2.24, 2.45) is 0 Å². The molecule has 1 atom stereocenters. The standard InChI is InChI=1S/C12H25NO2/c1-12(14)6-5-9-13(10-7-12)8-3-4-11-15-2/h14H,3-11H2,1-2H3.